The third-order valence-electron chi connectivity index (χ3n) is 3.36. The Bertz CT molecular complexity index is 428. The molecule has 1 fully saturated rings. The molecule has 0 spiro atoms. The molecule has 0 saturated carbocycles. The molecule has 1 saturated heterocycles. The van der Waals surface area contributed by atoms with Crippen LogP contribution in [-0.4, -0.2) is 25.1 Å². The molecule has 98 valence electrons. The van der Waals surface area contributed by atoms with Crippen LogP contribution in [0.25, 0.3) is 0 Å². The second kappa shape index (κ2) is 5.82. The Labute approximate surface area is 106 Å². The summed E-state index contributed by atoms with van der Waals surface area (Å²) < 4.78 is 5.00. The standard InChI is InChI=1S/C13H18N2O3/c1-18-13-5-4-10(8-12(13)15(16)17)7-11-3-2-6-14-9-11/h4-5,8,11,14H,2-3,6-7,9H2,1H3. The minimum atomic E-state index is -0.387. The summed E-state index contributed by atoms with van der Waals surface area (Å²) in [6, 6.07) is 5.23. The van der Waals surface area contributed by atoms with Crippen LogP contribution in [0, 0.1) is 16.0 Å². The van der Waals surface area contributed by atoms with Gasteiger partial charge in [0, 0.05) is 6.07 Å². The molecule has 5 nitrogen and oxygen atoms in total. The van der Waals surface area contributed by atoms with Crippen molar-refractivity contribution in [2.75, 3.05) is 20.2 Å². The third kappa shape index (κ3) is 2.98. The molecule has 18 heavy (non-hydrogen) atoms. The van der Waals surface area contributed by atoms with Crippen LogP contribution in [0.3, 0.4) is 0 Å². The molecule has 0 aliphatic carbocycles. The van der Waals surface area contributed by atoms with E-state index in [-0.39, 0.29) is 10.6 Å². The van der Waals surface area contributed by atoms with Gasteiger partial charge in [0.2, 0.25) is 0 Å². The highest BCUT2D eigenvalue weighted by Crippen LogP contribution is 2.29. The van der Waals surface area contributed by atoms with Crippen molar-refractivity contribution in [3.05, 3.63) is 33.9 Å². The van der Waals surface area contributed by atoms with Crippen LogP contribution in [-0.2, 0) is 6.42 Å². The lowest BCUT2D eigenvalue weighted by Crippen LogP contribution is -2.30. The smallest absolute Gasteiger partial charge is 0.311 e. The number of nitro groups is 1. The van der Waals surface area contributed by atoms with Gasteiger partial charge in [0.1, 0.15) is 0 Å². The summed E-state index contributed by atoms with van der Waals surface area (Å²) in [7, 11) is 1.45. The SMILES string of the molecule is COc1ccc(CC2CCCNC2)cc1[N+](=O)[O-]. The number of hydrogen-bond acceptors (Lipinski definition) is 4. The molecule has 1 heterocycles. The summed E-state index contributed by atoms with van der Waals surface area (Å²) in [4.78, 5) is 10.6. The zero-order valence-corrected chi connectivity index (χ0v) is 10.5. The maximum absolute atomic E-state index is 10.9. The Hall–Kier alpha value is -1.62. The fourth-order valence-electron chi connectivity index (χ4n) is 2.44. The van der Waals surface area contributed by atoms with Gasteiger partial charge in [0.15, 0.2) is 5.75 Å². The molecule has 1 atom stereocenters. The van der Waals surface area contributed by atoms with E-state index in [9.17, 15) is 10.1 Å². The predicted molar refractivity (Wildman–Crippen MR) is 68.9 cm³/mol. The van der Waals surface area contributed by atoms with Crippen molar-refractivity contribution < 1.29 is 9.66 Å². The van der Waals surface area contributed by atoms with E-state index in [1.165, 1.54) is 20.0 Å². The van der Waals surface area contributed by atoms with Gasteiger partial charge in [-0.25, -0.2) is 0 Å². The molecule has 1 unspecified atom stereocenters. The van der Waals surface area contributed by atoms with Crippen LogP contribution in [0.5, 0.6) is 5.75 Å². The Morgan fingerprint density at radius 2 is 2.39 bits per heavy atom. The van der Waals surface area contributed by atoms with Crippen LogP contribution in [0.4, 0.5) is 5.69 Å². The van der Waals surface area contributed by atoms with Crippen molar-refractivity contribution in [3.8, 4) is 5.75 Å². The molecule has 0 radical (unpaired) electrons. The van der Waals surface area contributed by atoms with Gasteiger partial charge in [-0.15, -0.1) is 0 Å². The summed E-state index contributed by atoms with van der Waals surface area (Å²) in [5.41, 5.74) is 1.06. The van der Waals surface area contributed by atoms with Gasteiger partial charge >= 0.3 is 5.69 Å². The average Bonchev–Trinajstić information content (AvgIpc) is 2.40. The first-order valence-corrected chi connectivity index (χ1v) is 6.22. The molecule has 0 aromatic heterocycles. The predicted octanol–water partition coefficient (Wildman–Crippen LogP) is 2.15. The summed E-state index contributed by atoms with van der Waals surface area (Å²) >= 11 is 0. The molecule has 1 aromatic rings. The van der Waals surface area contributed by atoms with Crippen LogP contribution in [0.15, 0.2) is 18.2 Å². The number of nitro benzene ring substituents is 1. The van der Waals surface area contributed by atoms with Crippen molar-refractivity contribution in [3.63, 3.8) is 0 Å². The van der Waals surface area contributed by atoms with Crippen LogP contribution in [0.2, 0.25) is 0 Å². The Morgan fingerprint density at radius 1 is 1.56 bits per heavy atom. The van der Waals surface area contributed by atoms with E-state index in [0.717, 1.165) is 25.1 Å². The zero-order chi connectivity index (χ0) is 13.0. The number of ether oxygens (including phenoxy) is 1. The number of benzene rings is 1. The number of methoxy groups -OCH3 is 1. The van der Waals surface area contributed by atoms with Gasteiger partial charge in [-0.05, 0) is 49.9 Å². The van der Waals surface area contributed by atoms with E-state index >= 15 is 0 Å². The second-order valence-electron chi connectivity index (χ2n) is 4.68. The quantitative estimate of drug-likeness (QED) is 0.657. The van der Waals surface area contributed by atoms with E-state index in [1.807, 2.05) is 6.07 Å². The van der Waals surface area contributed by atoms with Crippen LogP contribution < -0.4 is 10.1 Å². The normalized spacial score (nSPS) is 19.5. The fraction of sp³-hybridized carbons (Fsp3) is 0.538. The summed E-state index contributed by atoms with van der Waals surface area (Å²) in [6.07, 6.45) is 3.26. The number of hydrogen-bond donors (Lipinski definition) is 1. The molecule has 0 bridgehead atoms. The Kier molecular flexibility index (Phi) is 4.15. The Morgan fingerprint density at radius 3 is 3.00 bits per heavy atom. The van der Waals surface area contributed by atoms with Crippen molar-refractivity contribution in [2.45, 2.75) is 19.3 Å². The number of nitrogens with zero attached hydrogens (tertiary/aromatic N) is 1. The minimum Gasteiger partial charge on any atom is -0.490 e. The topological polar surface area (TPSA) is 64.4 Å². The molecular formula is C13H18N2O3. The number of nitrogens with one attached hydrogen (secondary N) is 1. The third-order valence-corrected chi connectivity index (χ3v) is 3.36. The zero-order valence-electron chi connectivity index (χ0n) is 10.5. The van der Waals surface area contributed by atoms with E-state index in [2.05, 4.69) is 5.32 Å². The molecule has 1 aliphatic heterocycles. The van der Waals surface area contributed by atoms with Gasteiger partial charge in [0.25, 0.3) is 0 Å². The van der Waals surface area contributed by atoms with Gasteiger partial charge in [0.05, 0.1) is 12.0 Å². The van der Waals surface area contributed by atoms with E-state index in [1.54, 1.807) is 12.1 Å². The number of piperidine rings is 1. The molecule has 1 N–H and O–H groups in total. The minimum absolute atomic E-state index is 0.0544. The summed E-state index contributed by atoms with van der Waals surface area (Å²) in [5.74, 6) is 0.900. The molecule has 1 aromatic carbocycles. The Balaban J connectivity index is 2.13. The van der Waals surface area contributed by atoms with Gasteiger partial charge in [-0.3, -0.25) is 10.1 Å². The van der Waals surface area contributed by atoms with Crippen molar-refractivity contribution in [1.82, 2.24) is 5.32 Å². The average molecular weight is 250 g/mol. The lowest BCUT2D eigenvalue weighted by Gasteiger charge is -2.22. The van der Waals surface area contributed by atoms with Gasteiger partial charge in [-0.1, -0.05) is 6.07 Å². The lowest BCUT2D eigenvalue weighted by atomic mass is 9.92. The molecule has 1 aliphatic rings. The largest absolute Gasteiger partial charge is 0.490 e. The molecule has 5 heteroatoms. The van der Waals surface area contributed by atoms with Crippen molar-refractivity contribution in [2.24, 2.45) is 5.92 Å². The fourth-order valence-corrected chi connectivity index (χ4v) is 2.44. The number of rotatable bonds is 4. The monoisotopic (exact) mass is 250 g/mol. The molecular weight excluding hydrogens is 232 g/mol. The maximum atomic E-state index is 10.9. The highest BCUT2D eigenvalue weighted by atomic mass is 16.6. The first-order chi connectivity index (χ1) is 8.70. The summed E-state index contributed by atoms with van der Waals surface area (Å²) in [5, 5.41) is 14.3. The van der Waals surface area contributed by atoms with E-state index < -0.39 is 0 Å². The van der Waals surface area contributed by atoms with Crippen molar-refractivity contribution in [1.29, 1.82) is 0 Å². The first kappa shape index (κ1) is 12.8. The first-order valence-electron chi connectivity index (χ1n) is 6.22. The maximum Gasteiger partial charge on any atom is 0.311 e. The summed E-state index contributed by atoms with van der Waals surface area (Å²) in [6.45, 7) is 2.08. The van der Waals surface area contributed by atoms with Gasteiger partial charge in [-0.2, -0.15) is 0 Å². The highest BCUT2D eigenvalue weighted by Gasteiger charge is 2.18. The lowest BCUT2D eigenvalue weighted by molar-refractivity contribution is -0.385. The van der Waals surface area contributed by atoms with E-state index in [0.29, 0.717) is 11.7 Å². The molecule has 0 amide bonds. The molecule has 2 rings (SSSR count). The highest BCUT2D eigenvalue weighted by molar-refractivity contribution is 5.48. The van der Waals surface area contributed by atoms with E-state index in [4.69, 9.17) is 4.74 Å². The van der Waals surface area contributed by atoms with Crippen LogP contribution in [0.1, 0.15) is 18.4 Å². The van der Waals surface area contributed by atoms with Gasteiger partial charge < -0.3 is 10.1 Å². The second-order valence-corrected chi connectivity index (χ2v) is 4.68. The van der Waals surface area contributed by atoms with Crippen LogP contribution >= 0.6 is 0 Å². The van der Waals surface area contributed by atoms with Crippen molar-refractivity contribution >= 4 is 5.69 Å².